The smallest absolute Gasteiger partial charge is 0.115 e. The molecule has 1 heterocycles. The molecule has 2 aliphatic rings. The maximum absolute atomic E-state index is 9.43. The number of hydrogen-bond donors (Lipinski definition) is 2. The largest absolute Gasteiger partial charge is 0.508 e. The molecule has 1 aliphatic heterocycles. The molecule has 0 spiro atoms. The topological polar surface area (TPSA) is 32.3 Å². The Morgan fingerprint density at radius 1 is 1.06 bits per heavy atom. The highest BCUT2D eigenvalue weighted by molar-refractivity contribution is 5.34. The van der Waals surface area contributed by atoms with Crippen molar-refractivity contribution in [1.82, 2.24) is 5.32 Å². The Kier molecular flexibility index (Phi) is 2.83. The number of phenols is 1. The molecule has 0 bridgehead atoms. The van der Waals surface area contributed by atoms with Gasteiger partial charge < -0.3 is 10.4 Å². The zero-order valence-electron chi connectivity index (χ0n) is 10.3. The van der Waals surface area contributed by atoms with Crippen molar-refractivity contribution in [2.75, 3.05) is 6.54 Å². The lowest BCUT2D eigenvalue weighted by molar-refractivity contribution is 0.323. The zero-order valence-corrected chi connectivity index (χ0v) is 10.3. The molecule has 1 aliphatic carbocycles. The molecule has 2 fully saturated rings. The van der Waals surface area contributed by atoms with Crippen LogP contribution in [0.15, 0.2) is 24.3 Å². The molecule has 0 amide bonds. The van der Waals surface area contributed by atoms with Crippen molar-refractivity contribution < 1.29 is 5.11 Å². The van der Waals surface area contributed by atoms with Crippen molar-refractivity contribution in [3.63, 3.8) is 0 Å². The van der Waals surface area contributed by atoms with E-state index < -0.39 is 0 Å². The van der Waals surface area contributed by atoms with Crippen LogP contribution in [0.1, 0.15) is 44.1 Å². The summed E-state index contributed by atoms with van der Waals surface area (Å²) < 4.78 is 0. The number of rotatable bonds is 2. The van der Waals surface area contributed by atoms with Crippen LogP contribution in [0.2, 0.25) is 0 Å². The minimum absolute atomic E-state index is 0.337. The first-order valence-electron chi connectivity index (χ1n) is 6.84. The van der Waals surface area contributed by atoms with Crippen LogP contribution >= 0.6 is 0 Å². The number of nitrogens with one attached hydrogen (secondary N) is 1. The molecule has 3 rings (SSSR count). The van der Waals surface area contributed by atoms with E-state index >= 15 is 0 Å². The van der Waals surface area contributed by atoms with Crippen molar-refractivity contribution >= 4 is 0 Å². The molecular formula is C15H21NO. The maximum atomic E-state index is 9.43. The van der Waals surface area contributed by atoms with Gasteiger partial charge in [0.25, 0.3) is 0 Å². The predicted octanol–water partition coefficient (Wildman–Crippen LogP) is 2.96. The summed E-state index contributed by atoms with van der Waals surface area (Å²) in [7, 11) is 0. The fourth-order valence-electron chi connectivity index (χ4n) is 3.79. The van der Waals surface area contributed by atoms with Gasteiger partial charge in [-0.1, -0.05) is 25.0 Å². The van der Waals surface area contributed by atoms with Gasteiger partial charge in [0.15, 0.2) is 0 Å². The minimum Gasteiger partial charge on any atom is -0.508 e. The van der Waals surface area contributed by atoms with Gasteiger partial charge in [-0.05, 0) is 49.9 Å². The second-order valence-electron chi connectivity index (χ2n) is 5.56. The molecule has 2 heteroatoms. The van der Waals surface area contributed by atoms with E-state index in [1.54, 1.807) is 0 Å². The van der Waals surface area contributed by atoms with Gasteiger partial charge in [-0.2, -0.15) is 0 Å². The van der Waals surface area contributed by atoms with Gasteiger partial charge in [-0.3, -0.25) is 0 Å². The highest BCUT2D eigenvalue weighted by Crippen LogP contribution is 2.46. The Hall–Kier alpha value is -1.02. The highest BCUT2D eigenvalue weighted by atomic mass is 16.3. The van der Waals surface area contributed by atoms with Gasteiger partial charge in [0, 0.05) is 11.5 Å². The molecule has 1 saturated heterocycles. The second-order valence-corrected chi connectivity index (χ2v) is 5.56. The van der Waals surface area contributed by atoms with E-state index in [-0.39, 0.29) is 0 Å². The summed E-state index contributed by atoms with van der Waals surface area (Å²) in [6.07, 6.45) is 7.91. The first kappa shape index (κ1) is 11.1. The first-order valence-corrected chi connectivity index (χ1v) is 6.84. The summed E-state index contributed by atoms with van der Waals surface area (Å²) in [4.78, 5) is 0. The third-order valence-electron chi connectivity index (χ3n) is 4.67. The van der Waals surface area contributed by atoms with Crippen molar-refractivity contribution in [2.24, 2.45) is 0 Å². The van der Waals surface area contributed by atoms with Crippen molar-refractivity contribution in [3.8, 4) is 5.75 Å². The van der Waals surface area contributed by atoms with Gasteiger partial charge >= 0.3 is 0 Å². The zero-order chi connectivity index (χ0) is 11.7. The number of hydrogen-bond acceptors (Lipinski definition) is 2. The van der Waals surface area contributed by atoms with Crippen LogP contribution < -0.4 is 5.32 Å². The molecular weight excluding hydrogens is 210 g/mol. The Morgan fingerprint density at radius 3 is 2.35 bits per heavy atom. The molecule has 0 aromatic heterocycles. The summed E-state index contributed by atoms with van der Waals surface area (Å²) in [5, 5.41) is 13.1. The van der Waals surface area contributed by atoms with E-state index in [1.807, 2.05) is 12.1 Å². The van der Waals surface area contributed by atoms with Gasteiger partial charge in [0.1, 0.15) is 5.75 Å². The highest BCUT2D eigenvalue weighted by Gasteiger charge is 2.43. The van der Waals surface area contributed by atoms with E-state index in [2.05, 4.69) is 17.4 Å². The summed E-state index contributed by atoms with van der Waals surface area (Å²) in [5.74, 6) is 0.376. The maximum Gasteiger partial charge on any atom is 0.115 e. The molecule has 1 saturated carbocycles. The lowest BCUT2D eigenvalue weighted by Crippen LogP contribution is -2.43. The summed E-state index contributed by atoms with van der Waals surface area (Å²) in [6.45, 7) is 1.17. The lowest BCUT2D eigenvalue weighted by atomic mass is 9.72. The average molecular weight is 231 g/mol. The van der Waals surface area contributed by atoms with Crippen molar-refractivity contribution in [2.45, 2.75) is 50.0 Å². The van der Waals surface area contributed by atoms with E-state index in [0.717, 1.165) is 0 Å². The molecule has 1 aromatic carbocycles. The van der Waals surface area contributed by atoms with Crippen LogP contribution in [-0.2, 0) is 5.41 Å². The number of phenolic OH excluding ortho intramolecular Hbond substituents is 1. The number of benzene rings is 1. The minimum atomic E-state index is 0.337. The summed E-state index contributed by atoms with van der Waals surface area (Å²) >= 11 is 0. The quantitative estimate of drug-likeness (QED) is 0.820. The Labute approximate surface area is 103 Å². The molecule has 2 nitrogen and oxygen atoms in total. The van der Waals surface area contributed by atoms with Crippen LogP contribution in [0.25, 0.3) is 0 Å². The van der Waals surface area contributed by atoms with Crippen LogP contribution in [-0.4, -0.2) is 17.7 Å². The van der Waals surface area contributed by atoms with E-state index in [1.165, 1.54) is 50.6 Å². The van der Waals surface area contributed by atoms with Gasteiger partial charge in [0.05, 0.1) is 0 Å². The normalized spacial score (nSPS) is 27.4. The third kappa shape index (κ3) is 1.85. The fraction of sp³-hybridized carbons (Fsp3) is 0.600. The average Bonchev–Trinajstić information content (AvgIpc) is 3.01. The SMILES string of the molecule is Oc1ccc(C2(C3CCCN3)CCCC2)cc1. The van der Waals surface area contributed by atoms with Crippen LogP contribution in [0, 0.1) is 0 Å². The third-order valence-corrected chi connectivity index (χ3v) is 4.67. The fourth-order valence-corrected chi connectivity index (χ4v) is 3.79. The summed E-state index contributed by atoms with van der Waals surface area (Å²) in [5.41, 5.74) is 1.76. The van der Waals surface area contributed by atoms with E-state index in [9.17, 15) is 5.11 Å². The standard InChI is InChI=1S/C15H21NO/c17-13-7-5-12(6-8-13)15(9-1-2-10-15)14-4-3-11-16-14/h5-8,14,16-17H,1-4,9-11H2. The Balaban J connectivity index is 1.95. The molecule has 1 aromatic rings. The Bertz CT molecular complexity index is 372. The molecule has 1 atom stereocenters. The predicted molar refractivity (Wildman–Crippen MR) is 69.3 cm³/mol. The monoisotopic (exact) mass is 231 g/mol. The van der Waals surface area contributed by atoms with Gasteiger partial charge in [-0.15, -0.1) is 0 Å². The molecule has 0 radical (unpaired) electrons. The van der Waals surface area contributed by atoms with Crippen LogP contribution in [0.3, 0.4) is 0 Å². The molecule has 92 valence electrons. The van der Waals surface area contributed by atoms with Crippen LogP contribution in [0.4, 0.5) is 0 Å². The molecule has 17 heavy (non-hydrogen) atoms. The van der Waals surface area contributed by atoms with E-state index in [4.69, 9.17) is 0 Å². The van der Waals surface area contributed by atoms with Crippen molar-refractivity contribution in [3.05, 3.63) is 29.8 Å². The lowest BCUT2D eigenvalue weighted by Gasteiger charge is -2.36. The van der Waals surface area contributed by atoms with E-state index in [0.29, 0.717) is 17.2 Å². The van der Waals surface area contributed by atoms with Gasteiger partial charge in [-0.25, -0.2) is 0 Å². The summed E-state index contributed by atoms with van der Waals surface area (Å²) in [6, 6.07) is 8.57. The molecule has 2 N–H and O–H groups in total. The Morgan fingerprint density at radius 2 is 1.76 bits per heavy atom. The van der Waals surface area contributed by atoms with Gasteiger partial charge in [0.2, 0.25) is 0 Å². The first-order chi connectivity index (χ1) is 8.31. The van der Waals surface area contributed by atoms with Crippen molar-refractivity contribution in [1.29, 1.82) is 0 Å². The molecule has 1 unspecified atom stereocenters. The second kappa shape index (κ2) is 4.34. The number of aromatic hydroxyl groups is 1. The van der Waals surface area contributed by atoms with Crippen LogP contribution in [0.5, 0.6) is 5.75 Å².